The number of nitrogens with two attached hydrogens (primary N) is 1. The van der Waals surface area contributed by atoms with E-state index in [1.807, 2.05) is 0 Å². The molecular formula is C8H16F6N3O5S2-. The molecule has 0 bridgehead atoms. The van der Waals surface area contributed by atoms with Crippen LogP contribution in [0, 0.1) is 0 Å². The highest BCUT2D eigenvalue weighted by Crippen LogP contribution is 2.25. The summed E-state index contributed by atoms with van der Waals surface area (Å²) in [6.07, 6.45) is -10.6. The van der Waals surface area contributed by atoms with Crippen LogP contribution < -0.4 is 11.1 Å². The minimum atomic E-state index is -5.56. The summed E-state index contributed by atoms with van der Waals surface area (Å²) in [6.45, 7) is 2.28. The van der Waals surface area contributed by atoms with Gasteiger partial charge in [-0.1, -0.05) is 0 Å². The van der Waals surface area contributed by atoms with E-state index in [9.17, 15) is 43.2 Å². The number of hydrogen-bond donors (Lipinski definition) is 3. The van der Waals surface area contributed by atoms with Gasteiger partial charge in [-0.05, 0) is 0 Å². The standard InChI is InChI=1S/C4H4F6NO4S2.C4H12N2O/c5-3(6,7)1-16(12,13)11-17(14,15)2-4(8,9)10;5-1-2-6-3-4-7/h1-2H2;6-7H,1-5H2/q-1;. The predicted molar refractivity (Wildman–Crippen MR) is 72.1 cm³/mol. The molecule has 0 rings (SSSR count). The van der Waals surface area contributed by atoms with Gasteiger partial charge in [0.05, 0.1) is 26.7 Å². The van der Waals surface area contributed by atoms with Crippen LogP contribution >= 0.6 is 0 Å². The van der Waals surface area contributed by atoms with Crippen LogP contribution in [0.4, 0.5) is 26.3 Å². The lowest BCUT2D eigenvalue weighted by atomic mass is 10.6. The highest BCUT2D eigenvalue weighted by molar-refractivity contribution is 8.12. The van der Waals surface area contributed by atoms with E-state index in [1.165, 1.54) is 0 Å². The lowest BCUT2D eigenvalue weighted by Gasteiger charge is -2.21. The van der Waals surface area contributed by atoms with E-state index in [2.05, 4.69) is 5.32 Å². The fourth-order valence-electron chi connectivity index (χ4n) is 0.945. The maximum atomic E-state index is 11.6. The van der Waals surface area contributed by atoms with Crippen molar-refractivity contribution in [3.05, 3.63) is 4.13 Å². The van der Waals surface area contributed by atoms with Crippen molar-refractivity contribution in [2.45, 2.75) is 12.4 Å². The third kappa shape index (κ3) is 19.4. The highest BCUT2D eigenvalue weighted by Gasteiger charge is 2.35. The molecular weight excluding hydrogens is 396 g/mol. The molecule has 0 spiro atoms. The number of aliphatic hydroxyl groups excluding tert-OH is 1. The van der Waals surface area contributed by atoms with Crippen LogP contribution in [0.2, 0.25) is 0 Å². The van der Waals surface area contributed by atoms with E-state index in [1.54, 1.807) is 4.13 Å². The zero-order chi connectivity index (χ0) is 19.7. The summed E-state index contributed by atoms with van der Waals surface area (Å²) < 4.78 is 113. The molecule has 0 aromatic carbocycles. The molecule has 0 atom stereocenters. The van der Waals surface area contributed by atoms with Crippen molar-refractivity contribution in [2.24, 2.45) is 5.73 Å². The zero-order valence-electron chi connectivity index (χ0n) is 11.9. The van der Waals surface area contributed by atoms with Gasteiger partial charge in [-0.3, -0.25) is 0 Å². The van der Waals surface area contributed by atoms with Crippen molar-refractivity contribution in [3.63, 3.8) is 0 Å². The van der Waals surface area contributed by atoms with E-state index in [0.717, 1.165) is 6.54 Å². The average molecular weight is 412 g/mol. The SMILES string of the molecule is NCCNCCO.O=S(=O)(CC(F)(F)F)[N-]S(=O)(=O)CC(F)(F)F. The molecule has 16 heteroatoms. The largest absolute Gasteiger partial charge is 0.436 e. The molecule has 0 unspecified atom stereocenters. The quantitative estimate of drug-likeness (QED) is 0.366. The van der Waals surface area contributed by atoms with Gasteiger partial charge in [0.25, 0.3) is 0 Å². The average Bonchev–Trinajstić information content (AvgIpc) is 2.21. The monoisotopic (exact) mass is 412 g/mol. The lowest BCUT2D eigenvalue weighted by Crippen LogP contribution is -2.27. The summed E-state index contributed by atoms with van der Waals surface area (Å²) in [7, 11) is -11.1. The molecule has 0 aliphatic rings. The lowest BCUT2D eigenvalue weighted by molar-refractivity contribution is -0.107. The van der Waals surface area contributed by atoms with Gasteiger partial charge in [0, 0.05) is 19.6 Å². The number of nitrogens with zero attached hydrogens (tertiary/aromatic N) is 1. The number of sulfonamides is 2. The van der Waals surface area contributed by atoms with Crippen LogP contribution in [0.25, 0.3) is 4.13 Å². The first-order valence-electron chi connectivity index (χ1n) is 5.88. The van der Waals surface area contributed by atoms with Crippen LogP contribution in [0.5, 0.6) is 0 Å². The maximum absolute atomic E-state index is 11.6. The topological polar surface area (TPSA) is 141 Å². The Bertz CT molecular complexity index is 498. The number of rotatable bonds is 8. The third-order valence-electron chi connectivity index (χ3n) is 1.53. The van der Waals surface area contributed by atoms with Gasteiger partial charge in [0.15, 0.2) is 0 Å². The maximum Gasteiger partial charge on any atom is 0.401 e. The molecule has 0 heterocycles. The molecule has 0 aliphatic heterocycles. The van der Waals surface area contributed by atoms with Crippen LogP contribution in [-0.4, -0.2) is 72.0 Å². The van der Waals surface area contributed by atoms with Crippen LogP contribution in [0.3, 0.4) is 0 Å². The Labute approximate surface area is 134 Å². The first-order chi connectivity index (χ1) is 10.5. The van der Waals surface area contributed by atoms with Crippen molar-refractivity contribution in [3.8, 4) is 0 Å². The van der Waals surface area contributed by atoms with E-state index in [0.29, 0.717) is 13.1 Å². The number of halogens is 6. The van der Waals surface area contributed by atoms with Crippen molar-refractivity contribution >= 4 is 20.0 Å². The third-order valence-corrected chi connectivity index (χ3v) is 4.73. The van der Waals surface area contributed by atoms with Crippen molar-refractivity contribution in [1.29, 1.82) is 0 Å². The van der Waals surface area contributed by atoms with E-state index in [4.69, 9.17) is 10.8 Å². The van der Waals surface area contributed by atoms with E-state index in [-0.39, 0.29) is 6.61 Å². The molecule has 24 heavy (non-hydrogen) atoms. The Morgan fingerprint density at radius 3 is 1.50 bits per heavy atom. The Balaban J connectivity index is 0. The van der Waals surface area contributed by atoms with Gasteiger partial charge in [-0.15, -0.1) is 0 Å². The van der Waals surface area contributed by atoms with E-state index < -0.39 is 43.9 Å². The summed E-state index contributed by atoms with van der Waals surface area (Å²) in [6, 6.07) is 0. The summed E-state index contributed by atoms with van der Waals surface area (Å²) >= 11 is 0. The minimum absolute atomic E-state index is 0.194. The minimum Gasteiger partial charge on any atom is -0.436 e. The summed E-state index contributed by atoms with van der Waals surface area (Å²) in [5, 5.41) is 11.1. The molecule has 0 radical (unpaired) electrons. The summed E-state index contributed by atoms with van der Waals surface area (Å²) in [4.78, 5) is 0. The van der Waals surface area contributed by atoms with Gasteiger partial charge in [0.1, 0.15) is 11.5 Å². The van der Waals surface area contributed by atoms with Crippen molar-refractivity contribution in [1.82, 2.24) is 5.32 Å². The van der Waals surface area contributed by atoms with Crippen LogP contribution in [-0.2, 0) is 20.0 Å². The highest BCUT2D eigenvalue weighted by atomic mass is 32.3. The van der Waals surface area contributed by atoms with Crippen molar-refractivity contribution in [2.75, 3.05) is 37.7 Å². The summed E-state index contributed by atoms with van der Waals surface area (Å²) in [5.74, 6) is -5.28. The fraction of sp³-hybridized carbons (Fsp3) is 1.00. The fourth-order valence-corrected chi connectivity index (χ4v) is 3.58. The molecule has 8 nitrogen and oxygen atoms in total. The Morgan fingerprint density at radius 2 is 1.25 bits per heavy atom. The predicted octanol–water partition coefficient (Wildman–Crippen LogP) is -0.329. The molecule has 0 aliphatic carbocycles. The molecule has 0 fully saturated rings. The van der Waals surface area contributed by atoms with E-state index >= 15 is 0 Å². The molecule has 0 amide bonds. The van der Waals surface area contributed by atoms with Gasteiger partial charge in [0.2, 0.25) is 0 Å². The Kier molecular flexibility index (Phi) is 11.0. The Hall–Kier alpha value is -0.680. The normalized spacial score (nSPS) is 13.3. The second-order valence-corrected chi connectivity index (χ2v) is 7.52. The molecule has 0 saturated carbocycles. The second kappa shape index (κ2) is 10.3. The smallest absolute Gasteiger partial charge is 0.401 e. The number of nitrogens with one attached hydrogen (secondary N) is 1. The molecule has 4 N–H and O–H groups in total. The van der Waals surface area contributed by atoms with Gasteiger partial charge in [-0.25, -0.2) is 16.8 Å². The second-order valence-electron chi connectivity index (χ2n) is 4.02. The van der Waals surface area contributed by atoms with Crippen LogP contribution in [0.15, 0.2) is 0 Å². The number of aliphatic hydroxyl groups is 1. The molecule has 0 saturated heterocycles. The van der Waals surface area contributed by atoms with Crippen molar-refractivity contribution < 1.29 is 48.3 Å². The van der Waals surface area contributed by atoms with Crippen LogP contribution in [0.1, 0.15) is 0 Å². The molecule has 148 valence electrons. The Morgan fingerprint density at radius 1 is 0.875 bits per heavy atom. The molecule has 0 aromatic rings. The number of alkyl halides is 6. The first-order valence-corrected chi connectivity index (χ1v) is 9.10. The van der Waals surface area contributed by atoms with Gasteiger partial charge < -0.3 is 20.3 Å². The number of hydrogen-bond acceptors (Lipinski definition) is 7. The molecule has 0 aromatic heterocycles. The zero-order valence-corrected chi connectivity index (χ0v) is 13.6. The summed E-state index contributed by atoms with van der Waals surface area (Å²) in [5.41, 5.74) is 5.13. The first kappa shape index (κ1) is 25.6. The van der Waals surface area contributed by atoms with Gasteiger partial charge >= 0.3 is 12.4 Å². The van der Waals surface area contributed by atoms with Gasteiger partial charge in [-0.2, -0.15) is 26.3 Å².